The zero-order chi connectivity index (χ0) is 2.71. The van der Waals surface area contributed by atoms with Crippen LogP contribution in [0.1, 0.15) is 0 Å². The molecule has 0 N–H and O–H groups in total. The summed E-state index contributed by atoms with van der Waals surface area (Å²) in [6.45, 7) is 0. The summed E-state index contributed by atoms with van der Waals surface area (Å²) in [5.41, 5.74) is 0. The van der Waals surface area contributed by atoms with Gasteiger partial charge in [-0.25, -0.2) is 0 Å². The van der Waals surface area contributed by atoms with Crippen molar-refractivity contribution in [2.45, 2.75) is 0 Å². The van der Waals surface area contributed by atoms with Crippen molar-refractivity contribution in [2.24, 2.45) is 0 Å². The largest absolute Gasteiger partial charge is 0.109 e. The molecule has 0 aromatic rings. The molecule has 0 unspecified atom stereocenters. The predicted molar refractivity (Wildman–Crippen MR) is 16.6 cm³/mol. The molecule has 0 fully saturated rings. The molecule has 0 atom stereocenters. The van der Waals surface area contributed by atoms with Crippen molar-refractivity contribution < 1.29 is 19.5 Å². The Labute approximate surface area is 48.2 Å². The summed E-state index contributed by atoms with van der Waals surface area (Å²) >= 11 is 9.53. The minimum Gasteiger partial charge on any atom is -0.109 e. The van der Waals surface area contributed by atoms with Crippen LogP contribution < -0.4 is 0 Å². The van der Waals surface area contributed by atoms with E-state index in [1.54, 1.807) is 0 Å². The predicted octanol–water partition coefficient (Wildman–Crippen LogP) is 1.42. The van der Waals surface area contributed by atoms with Gasteiger partial charge in [-0.05, 0) is 0 Å². The molecule has 0 aliphatic rings. The molecule has 0 saturated heterocycles. The first kappa shape index (κ1) is 8.96. The second kappa shape index (κ2) is 8.88. The second-order valence-corrected chi connectivity index (χ2v) is 0.909. The number of hydrogen-bond acceptors (Lipinski definition) is 0. The molecule has 4 heavy (non-hydrogen) atoms. The molecular weight excluding hydrogens is 186 g/mol. The number of rotatable bonds is 0. The van der Waals surface area contributed by atoms with Crippen molar-refractivity contribution >= 4 is 23.2 Å². The summed E-state index contributed by atoms with van der Waals surface area (Å²) in [5, 5.41) is 0.194. The fraction of sp³-hybridized carbons (Fsp3) is 1.00. The van der Waals surface area contributed by atoms with Crippen LogP contribution in [0.3, 0.4) is 0 Å². The molecule has 0 bridgehead atoms. The summed E-state index contributed by atoms with van der Waals surface area (Å²) in [4.78, 5) is 0. The molecule has 0 aromatic carbocycles. The Kier molecular flexibility index (Phi) is 19.9. The first-order valence-electron chi connectivity index (χ1n) is 0.535. The van der Waals surface area contributed by atoms with E-state index in [-0.39, 0.29) is 24.8 Å². The first-order chi connectivity index (χ1) is 1.41. The molecule has 0 rings (SSSR count). The van der Waals surface area contributed by atoms with Crippen LogP contribution in [0.4, 0.5) is 0 Å². The van der Waals surface area contributed by atoms with Gasteiger partial charge in [0.1, 0.15) is 0 Å². The maximum Gasteiger partial charge on any atom is 0.0967 e. The smallest absolute Gasteiger partial charge is 0.0967 e. The maximum atomic E-state index is 4.76. The topological polar surface area (TPSA) is 0 Å². The summed E-state index contributed by atoms with van der Waals surface area (Å²) in [7, 11) is 0. The third-order valence-corrected chi connectivity index (χ3v) is 0. The maximum absolute atomic E-state index is 4.76. The molecule has 0 amide bonds. The van der Waals surface area contributed by atoms with Gasteiger partial charge >= 0.3 is 0 Å². The van der Waals surface area contributed by atoms with Crippen LogP contribution in [0.15, 0.2) is 0 Å². The van der Waals surface area contributed by atoms with Gasteiger partial charge in [-0.2, -0.15) is 0 Å². The minimum atomic E-state index is 0. The van der Waals surface area contributed by atoms with Gasteiger partial charge in [0.15, 0.2) is 0 Å². The number of halogens is 2. The Hall–Kier alpha value is 1.20. The average molecular weight is 188 g/mol. The molecule has 0 heterocycles. The van der Waals surface area contributed by atoms with Gasteiger partial charge in [0, 0.05) is 19.5 Å². The van der Waals surface area contributed by atoms with Crippen LogP contribution in [-0.4, -0.2) is 5.34 Å². The van der Waals surface area contributed by atoms with E-state index in [0.29, 0.717) is 0 Å². The van der Waals surface area contributed by atoms with Gasteiger partial charge in [0.05, 0.1) is 5.34 Å². The van der Waals surface area contributed by atoms with E-state index in [1.165, 1.54) is 0 Å². The van der Waals surface area contributed by atoms with Crippen LogP contribution in [0.25, 0.3) is 0 Å². The van der Waals surface area contributed by atoms with Crippen LogP contribution in [0, 0.1) is 0 Å². The monoisotopic (exact) mass is 187 g/mol. The number of alkyl halides is 2. The molecule has 0 saturated carbocycles. The fourth-order valence-corrected chi connectivity index (χ4v) is 0. The van der Waals surface area contributed by atoms with Crippen molar-refractivity contribution in [1.82, 2.24) is 0 Å². The summed E-state index contributed by atoms with van der Waals surface area (Å²) in [5.74, 6) is 0. The zero-order valence-corrected chi connectivity index (χ0v) is 4.95. The Balaban J connectivity index is 0. The molecule has 3 heteroatoms. The molecule has 29 valence electrons. The standard InChI is InChI=1S/CH2Cl2.Rh/c2-1-3;/h1H2;. The fourth-order valence-electron chi connectivity index (χ4n) is 0. The van der Waals surface area contributed by atoms with E-state index < -0.39 is 0 Å². The van der Waals surface area contributed by atoms with Crippen LogP contribution in [0.5, 0.6) is 0 Å². The molecule has 1 radical (unpaired) electrons. The van der Waals surface area contributed by atoms with E-state index in [1.807, 2.05) is 0 Å². The SMILES string of the molecule is ClCCl.[Rh]. The van der Waals surface area contributed by atoms with Crippen LogP contribution in [-0.2, 0) is 19.5 Å². The molecule has 0 aliphatic heterocycles. The Morgan fingerprint density at radius 2 is 1.25 bits per heavy atom. The quantitative estimate of drug-likeness (QED) is 0.398. The normalized spacial score (nSPS) is 4.50. The molecule has 0 spiro atoms. The molecular formula is CH2Cl2Rh. The van der Waals surface area contributed by atoms with Crippen molar-refractivity contribution in [3.8, 4) is 0 Å². The molecule has 0 aromatic heterocycles. The van der Waals surface area contributed by atoms with E-state index in [2.05, 4.69) is 0 Å². The minimum absolute atomic E-state index is 0. The molecule has 0 aliphatic carbocycles. The van der Waals surface area contributed by atoms with Crippen LogP contribution in [0.2, 0.25) is 0 Å². The van der Waals surface area contributed by atoms with Crippen molar-refractivity contribution in [3.05, 3.63) is 0 Å². The average Bonchev–Trinajstić information content (AvgIpc) is 0.918. The van der Waals surface area contributed by atoms with Gasteiger partial charge in [-0.15, -0.1) is 23.2 Å². The third-order valence-electron chi connectivity index (χ3n) is 0. The van der Waals surface area contributed by atoms with Gasteiger partial charge in [0.2, 0.25) is 0 Å². The summed E-state index contributed by atoms with van der Waals surface area (Å²) in [6.07, 6.45) is 0. The Morgan fingerprint density at radius 1 is 1.25 bits per heavy atom. The van der Waals surface area contributed by atoms with Crippen molar-refractivity contribution in [3.63, 3.8) is 0 Å². The number of hydrogen-bond donors (Lipinski definition) is 0. The molecule has 0 nitrogen and oxygen atoms in total. The van der Waals surface area contributed by atoms with Gasteiger partial charge in [0.25, 0.3) is 0 Å². The van der Waals surface area contributed by atoms with E-state index in [4.69, 9.17) is 23.2 Å². The Bertz CT molecular complexity index is 6.00. The van der Waals surface area contributed by atoms with E-state index in [0.717, 1.165) is 0 Å². The third kappa shape index (κ3) is 10.7. The van der Waals surface area contributed by atoms with Gasteiger partial charge in [-0.3, -0.25) is 0 Å². The van der Waals surface area contributed by atoms with Crippen molar-refractivity contribution in [2.75, 3.05) is 5.34 Å². The second-order valence-electron chi connectivity index (χ2n) is 0.101. The summed E-state index contributed by atoms with van der Waals surface area (Å²) < 4.78 is 0. The zero-order valence-electron chi connectivity index (χ0n) is 1.80. The first-order valence-corrected chi connectivity index (χ1v) is 1.60. The van der Waals surface area contributed by atoms with Gasteiger partial charge in [-0.1, -0.05) is 0 Å². The van der Waals surface area contributed by atoms with E-state index in [9.17, 15) is 0 Å². The van der Waals surface area contributed by atoms with E-state index >= 15 is 0 Å². The van der Waals surface area contributed by atoms with Gasteiger partial charge < -0.3 is 0 Å². The summed E-state index contributed by atoms with van der Waals surface area (Å²) in [6, 6.07) is 0. The van der Waals surface area contributed by atoms with Crippen LogP contribution >= 0.6 is 23.2 Å². The Morgan fingerprint density at radius 3 is 1.25 bits per heavy atom. The van der Waals surface area contributed by atoms with Crippen molar-refractivity contribution in [1.29, 1.82) is 0 Å².